The molecule has 0 unspecified atom stereocenters. The second-order valence-electron chi connectivity index (χ2n) is 9.49. The van der Waals surface area contributed by atoms with Crippen LogP contribution in [-0.4, -0.2) is 45.5 Å². The Morgan fingerprint density at radius 2 is 1.84 bits per heavy atom. The SMILES string of the molecule is O=C(COc1ccc(Cl)cc1Cl)NCc1nnc(SCC(=O)N2CCCc3ccccc32)n1-c1cccc(C(F)(F)F)c1. The molecule has 0 bridgehead atoms. The van der Waals surface area contributed by atoms with Crippen LogP contribution in [0.15, 0.2) is 71.9 Å². The lowest BCUT2D eigenvalue weighted by Crippen LogP contribution is -2.36. The van der Waals surface area contributed by atoms with Crippen molar-refractivity contribution in [3.05, 3.63) is 93.7 Å². The van der Waals surface area contributed by atoms with Gasteiger partial charge < -0.3 is 15.0 Å². The average molecular weight is 651 g/mol. The highest BCUT2D eigenvalue weighted by atomic mass is 35.5. The summed E-state index contributed by atoms with van der Waals surface area (Å²) >= 11 is 13.0. The summed E-state index contributed by atoms with van der Waals surface area (Å²) in [4.78, 5) is 27.5. The van der Waals surface area contributed by atoms with Crippen LogP contribution in [0.1, 0.15) is 23.4 Å². The fraction of sp³-hybridized carbons (Fsp3) is 0.241. The van der Waals surface area contributed by atoms with E-state index in [-0.39, 0.29) is 52.3 Å². The minimum absolute atomic E-state index is 0.0204. The lowest BCUT2D eigenvalue weighted by molar-refractivity contribution is -0.137. The van der Waals surface area contributed by atoms with E-state index in [2.05, 4.69) is 15.5 Å². The molecule has 3 aromatic carbocycles. The zero-order valence-corrected chi connectivity index (χ0v) is 24.7. The molecule has 0 aliphatic carbocycles. The molecule has 1 aliphatic rings. The third kappa shape index (κ3) is 7.43. The van der Waals surface area contributed by atoms with E-state index >= 15 is 0 Å². The van der Waals surface area contributed by atoms with E-state index in [1.807, 2.05) is 24.3 Å². The second-order valence-corrected chi connectivity index (χ2v) is 11.3. The highest BCUT2D eigenvalue weighted by Gasteiger charge is 2.31. The number of carbonyl (C=O) groups is 2. The first-order valence-electron chi connectivity index (χ1n) is 13.1. The molecule has 1 aliphatic heterocycles. The number of aromatic nitrogens is 3. The molecule has 8 nitrogen and oxygen atoms in total. The molecule has 224 valence electrons. The van der Waals surface area contributed by atoms with E-state index in [9.17, 15) is 22.8 Å². The first kappa shape index (κ1) is 30.7. The van der Waals surface area contributed by atoms with Crippen molar-refractivity contribution in [1.29, 1.82) is 0 Å². The predicted octanol–water partition coefficient (Wildman–Crippen LogP) is 6.36. The second kappa shape index (κ2) is 13.3. The van der Waals surface area contributed by atoms with Gasteiger partial charge in [-0.25, -0.2) is 0 Å². The normalized spacial score (nSPS) is 13.0. The number of anilines is 1. The van der Waals surface area contributed by atoms with Crippen molar-refractivity contribution in [2.45, 2.75) is 30.7 Å². The van der Waals surface area contributed by atoms with Crippen LogP contribution < -0.4 is 15.0 Å². The number of carbonyl (C=O) groups excluding carboxylic acids is 2. The average Bonchev–Trinajstić information content (AvgIpc) is 3.40. The van der Waals surface area contributed by atoms with Crippen LogP contribution in [-0.2, 0) is 28.7 Å². The lowest BCUT2D eigenvalue weighted by Gasteiger charge is -2.29. The third-order valence-electron chi connectivity index (χ3n) is 6.56. The Morgan fingerprint density at radius 1 is 1.02 bits per heavy atom. The van der Waals surface area contributed by atoms with E-state index in [0.29, 0.717) is 11.6 Å². The van der Waals surface area contributed by atoms with Gasteiger partial charge in [0.05, 0.1) is 28.6 Å². The molecule has 0 saturated heterocycles. The van der Waals surface area contributed by atoms with Crippen molar-refractivity contribution in [1.82, 2.24) is 20.1 Å². The van der Waals surface area contributed by atoms with Gasteiger partial charge in [0, 0.05) is 17.3 Å². The number of nitrogens with zero attached hydrogens (tertiary/aromatic N) is 4. The number of nitrogens with one attached hydrogen (secondary N) is 1. The van der Waals surface area contributed by atoms with Crippen molar-refractivity contribution in [2.75, 3.05) is 23.8 Å². The number of benzene rings is 3. The fourth-order valence-electron chi connectivity index (χ4n) is 4.55. The van der Waals surface area contributed by atoms with Crippen molar-refractivity contribution < 1.29 is 27.5 Å². The standard InChI is InChI=1S/C29H24Cl2F3N5O3S/c30-20-10-11-24(22(31)14-20)42-16-26(40)35-15-25-36-37-28(39(25)21-8-3-7-19(13-21)29(32,33)34)43-17-27(41)38-12-4-6-18-5-1-2-9-23(18)38/h1-3,5,7-11,13-14H,4,6,12,15-17H2,(H,35,40). The number of alkyl halides is 3. The van der Waals surface area contributed by atoms with E-state index in [1.165, 1.54) is 28.8 Å². The summed E-state index contributed by atoms with van der Waals surface area (Å²) in [6, 6.07) is 16.9. The van der Waals surface area contributed by atoms with Gasteiger partial charge in [-0.1, -0.05) is 59.2 Å². The molecule has 0 fully saturated rings. The van der Waals surface area contributed by atoms with Crippen molar-refractivity contribution >= 4 is 52.5 Å². The van der Waals surface area contributed by atoms with Gasteiger partial charge in [-0.3, -0.25) is 14.2 Å². The molecule has 2 heterocycles. The number of hydrogen-bond donors (Lipinski definition) is 1. The Labute approximate surface area is 259 Å². The maximum Gasteiger partial charge on any atom is 0.416 e. The minimum atomic E-state index is -4.58. The number of ether oxygens (including phenoxy) is 1. The summed E-state index contributed by atoms with van der Waals surface area (Å²) in [7, 11) is 0. The molecule has 5 rings (SSSR count). The van der Waals surface area contributed by atoms with Gasteiger partial charge in [0.25, 0.3) is 5.91 Å². The highest BCUT2D eigenvalue weighted by molar-refractivity contribution is 7.99. The molecule has 43 heavy (non-hydrogen) atoms. The summed E-state index contributed by atoms with van der Waals surface area (Å²) in [5.74, 6) is -0.294. The molecular formula is C29H24Cl2F3N5O3S. The molecule has 1 aromatic heterocycles. The minimum Gasteiger partial charge on any atom is -0.482 e. The number of fused-ring (bicyclic) bond motifs is 1. The molecule has 1 N–H and O–H groups in total. The van der Waals surface area contributed by atoms with E-state index < -0.39 is 17.6 Å². The highest BCUT2D eigenvalue weighted by Crippen LogP contribution is 2.33. The van der Waals surface area contributed by atoms with Gasteiger partial charge in [-0.05, 0) is 60.9 Å². The first-order valence-corrected chi connectivity index (χ1v) is 14.8. The third-order valence-corrected chi connectivity index (χ3v) is 8.01. The van der Waals surface area contributed by atoms with Crippen LogP contribution in [0.25, 0.3) is 5.69 Å². The Morgan fingerprint density at radius 3 is 2.63 bits per heavy atom. The molecule has 0 atom stereocenters. The quantitative estimate of drug-likeness (QED) is 0.212. The van der Waals surface area contributed by atoms with Gasteiger partial charge >= 0.3 is 6.18 Å². The van der Waals surface area contributed by atoms with Gasteiger partial charge in [0.1, 0.15) is 5.75 Å². The van der Waals surface area contributed by atoms with Gasteiger partial charge in [0.15, 0.2) is 17.6 Å². The number of halogens is 5. The van der Waals surface area contributed by atoms with E-state index in [4.69, 9.17) is 27.9 Å². The summed E-state index contributed by atoms with van der Waals surface area (Å²) < 4.78 is 47.5. The van der Waals surface area contributed by atoms with Crippen molar-refractivity contribution in [2.24, 2.45) is 0 Å². The Kier molecular flexibility index (Phi) is 9.48. The van der Waals surface area contributed by atoms with Crippen LogP contribution in [0.4, 0.5) is 18.9 Å². The number of para-hydroxylation sites is 1. The van der Waals surface area contributed by atoms with Crippen LogP contribution in [0.5, 0.6) is 5.75 Å². The van der Waals surface area contributed by atoms with Crippen LogP contribution in [0.3, 0.4) is 0 Å². The van der Waals surface area contributed by atoms with Gasteiger partial charge in [0.2, 0.25) is 5.91 Å². The summed E-state index contributed by atoms with van der Waals surface area (Å²) in [5, 5.41) is 11.7. The lowest BCUT2D eigenvalue weighted by atomic mass is 10.0. The van der Waals surface area contributed by atoms with E-state index in [1.54, 1.807) is 11.0 Å². The first-order chi connectivity index (χ1) is 20.6. The van der Waals surface area contributed by atoms with E-state index in [0.717, 1.165) is 48.0 Å². The molecule has 0 spiro atoms. The number of aryl methyl sites for hydroxylation is 1. The van der Waals surface area contributed by atoms with Gasteiger partial charge in [-0.15, -0.1) is 10.2 Å². The predicted molar refractivity (Wildman–Crippen MR) is 158 cm³/mol. The molecule has 4 aromatic rings. The van der Waals surface area contributed by atoms with Crippen LogP contribution in [0.2, 0.25) is 10.0 Å². The Bertz CT molecular complexity index is 1650. The zero-order valence-electron chi connectivity index (χ0n) is 22.4. The Balaban J connectivity index is 1.33. The summed E-state index contributed by atoms with van der Waals surface area (Å²) in [6.45, 7) is 0.0115. The zero-order chi connectivity index (χ0) is 30.6. The monoisotopic (exact) mass is 649 g/mol. The van der Waals surface area contributed by atoms with Crippen LogP contribution >= 0.6 is 35.0 Å². The number of rotatable bonds is 9. The largest absolute Gasteiger partial charge is 0.482 e. The van der Waals surface area contributed by atoms with Gasteiger partial charge in [-0.2, -0.15) is 13.2 Å². The number of thioether (sulfide) groups is 1. The number of hydrogen-bond acceptors (Lipinski definition) is 6. The summed E-state index contributed by atoms with van der Waals surface area (Å²) in [5.41, 5.74) is 1.20. The molecule has 0 radical (unpaired) electrons. The van der Waals surface area contributed by atoms with Crippen molar-refractivity contribution in [3.63, 3.8) is 0 Å². The smallest absolute Gasteiger partial charge is 0.416 e. The molecule has 2 amide bonds. The topological polar surface area (TPSA) is 89.3 Å². The fourth-order valence-corrected chi connectivity index (χ4v) is 5.86. The number of amides is 2. The van der Waals surface area contributed by atoms with Crippen molar-refractivity contribution in [3.8, 4) is 11.4 Å². The maximum atomic E-state index is 13.5. The molecule has 0 saturated carbocycles. The molecule has 14 heteroatoms. The summed E-state index contributed by atoms with van der Waals surface area (Å²) in [6.07, 6.45) is -2.88. The molecular weight excluding hydrogens is 626 g/mol. The maximum absolute atomic E-state index is 13.5. The Hall–Kier alpha value is -3.74. The van der Waals surface area contributed by atoms with Crippen LogP contribution in [0, 0.1) is 0 Å².